The minimum Gasteiger partial charge on any atom is -0.334 e. The van der Waals surface area contributed by atoms with Crippen LogP contribution in [0.3, 0.4) is 0 Å². The Morgan fingerprint density at radius 3 is 1.97 bits per heavy atom. The number of hydrogen-bond acceptors (Lipinski definition) is 3. The highest BCUT2D eigenvalue weighted by atomic mass is 32.2. The van der Waals surface area contributed by atoms with E-state index in [0.29, 0.717) is 32.5 Å². The zero-order valence-corrected chi connectivity index (χ0v) is 19.7. The van der Waals surface area contributed by atoms with Gasteiger partial charge in [-0.05, 0) is 43.0 Å². The van der Waals surface area contributed by atoms with Gasteiger partial charge in [0.25, 0.3) is 0 Å². The Morgan fingerprint density at radius 2 is 1.42 bits per heavy atom. The molecule has 0 bridgehead atoms. The van der Waals surface area contributed by atoms with E-state index in [1.54, 1.807) is 24.3 Å². The predicted octanol–water partition coefficient (Wildman–Crippen LogP) is 4.62. The lowest BCUT2D eigenvalue weighted by molar-refractivity contribution is -0.138. The van der Waals surface area contributed by atoms with E-state index in [1.165, 1.54) is 4.31 Å². The van der Waals surface area contributed by atoms with Crippen LogP contribution in [0.25, 0.3) is 0 Å². The second-order valence-electron chi connectivity index (χ2n) is 8.68. The van der Waals surface area contributed by atoms with Gasteiger partial charge >= 0.3 is 0 Å². The lowest BCUT2D eigenvalue weighted by Gasteiger charge is -2.34. The highest BCUT2D eigenvalue weighted by Gasteiger charge is 2.35. The smallest absolute Gasteiger partial charge is 0.243 e. The molecule has 0 aromatic heterocycles. The van der Waals surface area contributed by atoms with Gasteiger partial charge in [0.15, 0.2) is 0 Å². The highest BCUT2D eigenvalue weighted by molar-refractivity contribution is 7.89. The van der Waals surface area contributed by atoms with Crippen LogP contribution in [0.5, 0.6) is 0 Å². The van der Waals surface area contributed by atoms with Gasteiger partial charge in [0.1, 0.15) is 0 Å². The minimum atomic E-state index is -3.63. The van der Waals surface area contributed by atoms with E-state index >= 15 is 0 Å². The van der Waals surface area contributed by atoms with Gasteiger partial charge in [-0.3, -0.25) is 4.79 Å². The molecular formula is C27H30N2O3S. The Hall–Kier alpha value is -2.96. The molecule has 5 nitrogen and oxygen atoms in total. The number of benzene rings is 3. The summed E-state index contributed by atoms with van der Waals surface area (Å²) in [6.45, 7) is 3.58. The number of hydrogen-bond donors (Lipinski definition) is 0. The number of carbonyl (C=O) groups is 1. The first-order valence-electron chi connectivity index (χ1n) is 11.4. The molecule has 172 valence electrons. The molecule has 1 atom stereocenters. The molecule has 0 saturated carbocycles. The van der Waals surface area contributed by atoms with Crippen molar-refractivity contribution in [1.29, 1.82) is 0 Å². The third-order valence-electron chi connectivity index (χ3n) is 6.14. The summed E-state index contributed by atoms with van der Waals surface area (Å²) in [6, 6.07) is 26.8. The summed E-state index contributed by atoms with van der Waals surface area (Å²) < 4.78 is 27.9. The van der Waals surface area contributed by atoms with E-state index < -0.39 is 10.0 Å². The largest absolute Gasteiger partial charge is 0.334 e. The zero-order chi connectivity index (χ0) is 23.3. The summed E-state index contributed by atoms with van der Waals surface area (Å²) in [5.74, 6) is -0.349. The molecule has 0 spiro atoms. The van der Waals surface area contributed by atoms with Gasteiger partial charge in [0, 0.05) is 26.2 Å². The van der Waals surface area contributed by atoms with Gasteiger partial charge in [0.2, 0.25) is 15.9 Å². The van der Waals surface area contributed by atoms with Crippen molar-refractivity contribution >= 4 is 15.9 Å². The van der Waals surface area contributed by atoms with Crippen LogP contribution in [0.1, 0.15) is 29.5 Å². The monoisotopic (exact) mass is 462 g/mol. The number of aryl methyl sites for hydroxylation is 1. The summed E-state index contributed by atoms with van der Waals surface area (Å²) in [4.78, 5) is 15.8. The van der Waals surface area contributed by atoms with Crippen LogP contribution in [0.4, 0.5) is 0 Å². The number of amides is 1. The second kappa shape index (κ2) is 10.3. The van der Waals surface area contributed by atoms with Crippen LogP contribution >= 0.6 is 0 Å². The van der Waals surface area contributed by atoms with Gasteiger partial charge in [0.05, 0.1) is 10.8 Å². The van der Waals surface area contributed by atoms with Crippen molar-refractivity contribution in [3.8, 4) is 0 Å². The van der Waals surface area contributed by atoms with E-state index in [0.717, 1.165) is 16.7 Å². The molecule has 1 fully saturated rings. The lowest BCUT2D eigenvalue weighted by Crippen LogP contribution is -2.46. The molecule has 4 rings (SSSR count). The summed E-state index contributed by atoms with van der Waals surface area (Å²) >= 11 is 0. The van der Waals surface area contributed by atoms with Gasteiger partial charge < -0.3 is 4.90 Å². The van der Waals surface area contributed by atoms with Crippen LogP contribution in [0.15, 0.2) is 89.8 Å². The molecule has 33 heavy (non-hydrogen) atoms. The van der Waals surface area contributed by atoms with Crippen LogP contribution in [-0.4, -0.2) is 36.6 Å². The fourth-order valence-electron chi connectivity index (χ4n) is 4.30. The SMILES string of the molecule is Cc1ccc(S(=O)(=O)N2CCCC(C(=O)N(Cc3ccccc3)Cc3ccccc3)C2)cc1. The Kier molecular flexibility index (Phi) is 7.26. The fourth-order valence-corrected chi connectivity index (χ4v) is 5.82. The van der Waals surface area contributed by atoms with Crippen molar-refractivity contribution in [2.24, 2.45) is 5.92 Å². The Balaban J connectivity index is 1.54. The average Bonchev–Trinajstić information content (AvgIpc) is 2.85. The molecule has 0 radical (unpaired) electrons. The predicted molar refractivity (Wildman–Crippen MR) is 130 cm³/mol. The van der Waals surface area contributed by atoms with Crippen molar-refractivity contribution < 1.29 is 13.2 Å². The molecule has 1 unspecified atom stereocenters. The van der Waals surface area contributed by atoms with Crippen molar-refractivity contribution in [2.45, 2.75) is 37.8 Å². The van der Waals surface area contributed by atoms with E-state index in [4.69, 9.17) is 0 Å². The lowest BCUT2D eigenvalue weighted by atomic mass is 9.97. The van der Waals surface area contributed by atoms with Crippen LogP contribution in [0.2, 0.25) is 0 Å². The molecule has 1 saturated heterocycles. The van der Waals surface area contributed by atoms with E-state index in [-0.39, 0.29) is 23.3 Å². The number of sulfonamides is 1. The third-order valence-corrected chi connectivity index (χ3v) is 8.02. The van der Waals surface area contributed by atoms with Gasteiger partial charge in [-0.2, -0.15) is 4.31 Å². The second-order valence-corrected chi connectivity index (χ2v) is 10.6. The normalized spacial score (nSPS) is 16.9. The summed E-state index contributed by atoms with van der Waals surface area (Å²) in [5.41, 5.74) is 3.13. The molecule has 0 N–H and O–H groups in total. The van der Waals surface area contributed by atoms with Crippen molar-refractivity contribution in [1.82, 2.24) is 9.21 Å². The Labute approximate surface area is 196 Å². The van der Waals surface area contributed by atoms with Crippen molar-refractivity contribution in [2.75, 3.05) is 13.1 Å². The molecule has 6 heteroatoms. The van der Waals surface area contributed by atoms with Crippen LogP contribution < -0.4 is 0 Å². The minimum absolute atomic E-state index is 0.00603. The summed E-state index contributed by atoms with van der Waals surface area (Å²) in [5, 5.41) is 0. The highest BCUT2D eigenvalue weighted by Crippen LogP contribution is 2.26. The maximum Gasteiger partial charge on any atom is 0.243 e. The van der Waals surface area contributed by atoms with Crippen molar-refractivity contribution in [3.05, 3.63) is 102 Å². The van der Waals surface area contributed by atoms with Gasteiger partial charge in [-0.1, -0.05) is 78.4 Å². The summed E-state index contributed by atoms with van der Waals surface area (Å²) in [7, 11) is -3.63. The molecule has 1 heterocycles. The first-order valence-corrected chi connectivity index (χ1v) is 12.8. The maximum absolute atomic E-state index is 13.7. The first-order chi connectivity index (χ1) is 15.9. The Bertz CT molecular complexity index is 1120. The van der Waals surface area contributed by atoms with Gasteiger partial charge in [-0.25, -0.2) is 8.42 Å². The molecular weight excluding hydrogens is 432 g/mol. The number of piperidine rings is 1. The quantitative estimate of drug-likeness (QED) is 0.515. The fraction of sp³-hybridized carbons (Fsp3) is 0.296. The molecule has 1 aliphatic rings. The topological polar surface area (TPSA) is 57.7 Å². The Morgan fingerprint density at radius 1 is 0.879 bits per heavy atom. The standard InChI is InChI=1S/C27H30N2O3S/c1-22-14-16-26(17-15-22)33(31,32)29-18-8-13-25(21-29)27(30)28(19-23-9-4-2-5-10-23)20-24-11-6-3-7-12-24/h2-7,9-12,14-17,25H,8,13,18-21H2,1H3. The molecule has 1 aliphatic heterocycles. The van der Waals surface area contributed by atoms with Crippen LogP contribution in [-0.2, 0) is 27.9 Å². The number of rotatable bonds is 7. The first kappa shape index (κ1) is 23.2. The molecule has 1 amide bonds. The molecule has 3 aromatic rings. The van der Waals surface area contributed by atoms with E-state index in [1.807, 2.05) is 72.5 Å². The summed E-state index contributed by atoms with van der Waals surface area (Å²) in [6.07, 6.45) is 1.37. The van der Waals surface area contributed by atoms with Crippen LogP contribution in [0, 0.1) is 12.8 Å². The maximum atomic E-state index is 13.7. The third kappa shape index (κ3) is 5.70. The van der Waals surface area contributed by atoms with E-state index in [9.17, 15) is 13.2 Å². The zero-order valence-electron chi connectivity index (χ0n) is 18.9. The molecule has 0 aliphatic carbocycles. The van der Waals surface area contributed by atoms with E-state index in [2.05, 4.69) is 0 Å². The van der Waals surface area contributed by atoms with Gasteiger partial charge in [-0.15, -0.1) is 0 Å². The molecule has 3 aromatic carbocycles. The number of carbonyl (C=O) groups excluding carboxylic acids is 1. The van der Waals surface area contributed by atoms with Crippen molar-refractivity contribution in [3.63, 3.8) is 0 Å². The number of nitrogens with zero attached hydrogens (tertiary/aromatic N) is 2. The average molecular weight is 463 g/mol.